The monoisotopic (exact) mass is 492 g/mol. The van der Waals surface area contributed by atoms with E-state index < -0.39 is 11.7 Å². The smallest absolute Gasteiger partial charge is 0.416 e. The van der Waals surface area contributed by atoms with Crippen molar-refractivity contribution < 1.29 is 22.7 Å². The van der Waals surface area contributed by atoms with Crippen molar-refractivity contribution in [3.05, 3.63) is 107 Å². The van der Waals surface area contributed by atoms with Crippen LogP contribution in [0.5, 0.6) is 5.75 Å². The standard InChI is InChI=1S/C29H27F3N2O2/c1-19-8-14-25(15-9-19)34-21(3)27(17-28(34)23-6-5-7-26(16-23)35-4)20(2)33-36-18-22-10-12-24(13-11-22)29(30,31)32/h5-17H,18H2,1-4H3/b33-20-. The molecule has 1 aromatic heterocycles. The molecule has 0 atom stereocenters. The van der Waals surface area contributed by atoms with Crippen LogP contribution in [0.25, 0.3) is 16.9 Å². The van der Waals surface area contributed by atoms with Gasteiger partial charge in [-0.15, -0.1) is 0 Å². The molecule has 1 heterocycles. The summed E-state index contributed by atoms with van der Waals surface area (Å²) in [5, 5.41) is 4.27. The van der Waals surface area contributed by atoms with Crippen molar-refractivity contribution in [1.29, 1.82) is 0 Å². The Morgan fingerprint density at radius 1 is 0.917 bits per heavy atom. The van der Waals surface area contributed by atoms with Crippen molar-refractivity contribution in [2.24, 2.45) is 5.16 Å². The van der Waals surface area contributed by atoms with Crippen molar-refractivity contribution in [2.75, 3.05) is 7.11 Å². The van der Waals surface area contributed by atoms with Crippen LogP contribution in [0.1, 0.15) is 34.9 Å². The highest BCUT2D eigenvalue weighted by molar-refractivity contribution is 6.01. The Kier molecular flexibility index (Phi) is 7.20. The maximum Gasteiger partial charge on any atom is 0.416 e. The summed E-state index contributed by atoms with van der Waals surface area (Å²) in [6, 6.07) is 23.1. The molecule has 0 aliphatic carbocycles. The molecule has 0 unspecified atom stereocenters. The zero-order chi connectivity index (χ0) is 25.9. The molecule has 0 aliphatic rings. The molecule has 3 aromatic carbocycles. The SMILES string of the molecule is COc1cccc(-c2cc(/C(C)=N\OCc3ccc(C(F)(F)F)cc3)c(C)n2-c2ccc(C)cc2)c1. The minimum absolute atomic E-state index is 0.0654. The van der Waals surface area contributed by atoms with Gasteiger partial charge in [0.2, 0.25) is 0 Å². The number of aromatic nitrogens is 1. The Hall–Kier alpha value is -4.00. The summed E-state index contributed by atoms with van der Waals surface area (Å²) < 4.78 is 45.9. The van der Waals surface area contributed by atoms with Gasteiger partial charge in [0.25, 0.3) is 0 Å². The molecule has 0 saturated heterocycles. The Bertz CT molecular complexity index is 1370. The minimum atomic E-state index is -4.36. The summed E-state index contributed by atoms with van der Waals surface area (Å²) in [6.07, 6.45) is -4.36. The lowest BCUT2D eigenvalue weighted by molar-refractivity contribution is -0.137. The number of benzene rings is 3. The number of oxime groups is 1. The number of hydrogen-bond donors (Lipinski definition) is 0. The van der Waals surface area contributed by atoms with E-state index in [2.05, 4.69) is 40.1 Å². The van der Waals surface area contributed by atoms with Gasteiger partial charge in [0.1, 0.15) is 12.4 Å². The van der Waals surface area contributed by atoms with E-state index in [-0.39, 0.29) is 6.61 Å². The lowest BCUT2D eigenvalue weighted by Gasteiger charge is -2.13. The fourth-order valence-electron chi connectivity index (χ4n) is 4.04. The molecule has 7 heteroatoms. The molecule has 0 fully saturated rings. The lowest BCUT2D eigenvalue weighted by atomic mass is 10.1. The first-order valence-corrected chi connectivity index (χ1v) is 11.4. The summed E-state index contributed by atoms with van der Waals surface area (Å²) >= 11 is 0. The van der Waals surface area contributed by atoms with E-state index in [0.29, 0.717) is 11.3 Å². The second-order valence-corrected chi connectivity index (χ2v) is 8.58. The number of alkyl halides is 3. The van der Waals surface area contributed by atoms with Crippen molar-refractivity contribution in [1.82, 2.24) is 4.57 Å². The van der Waals surface area contributed by atoms with Crippen LogP contribution < -0.4 is 4.74 Å². The van der Waals surface area contributed by atoms with Crippen molar-refractivity contribution in [3.63, 3.8) is 0 Å². The Morgan fingerprint density at radius 2 is 1.61 bits per heavy atom. The maximum absolute atomic E-state index is 12.8. The van der Waals surface area contributed by atoms with Gasteiger partial charge in [-0.05, 0) is 68.8 Å². The van der Waals surface area contributed by atoms with Gasteiger partial charge in [-0.3, -0.25) is 0 Å². The van der Waals surface area contributed by atoms with Crippen molar-refractivity contribution in [3.8, 4) is 22.7 Å². The second-order valence-electron chi connectivity index (χ2n) is 8.58. The van der Waals surface area contributed by atoms with Gasteiger partial charge >= 0.3 is 6.18 Å². The zero-order valence-electron chi connectivity index (χ0n) is 20.6. The second kappa shape index (κ2) is 10.3. The molecule has 0 bridgehead atoms. The van der Waals surface area contributed by atoms with Gasteiger partial charge in [0, 0.05) is 22.5 Å². The van der Waals surface area contributed by atoms with E-state index in [9.17, 15) is 13.2 Å². The van der Waals surface area contributed by atoms with Gasteiger partial charge in [-0.1, -0.05) is 47.1 Å². The van der Waals surface area contributed by atoms with Crippen LogP contribution in [0.4, 0.5) is 13.2 Å². The van der Waals surface area contributed by atoms with Gasteiger partial charge < -0.3 is 14.1 Å². The molecular weight excluding hydrogens is 465 g/mol. The number of ether oxygens (including phenoxy) is 1. The first-order valence-electron chi connectivity index (χ1n) is 11.4. The number of hydrogen-bond acceptors (Lipinski definition) is 3. The highest BCUT2D eigenvalue weighted by Crippen LogP contribution is 2.32. The number of methoxy groups -OCH3 is 1. The average Bonchev–Trinajstić information content (AvgIpc) is 3.21. The number of rotatable bonds is 7. The van der Waals surface area contributed by atoms with E-state index in [1.54, 1.807) is 7.11 Å². The molecular formula is C29H27F3N2O2. The van der Waals surface area contributed by atoms with Gasteiger partial charge in [-0.25, -0.2) is 0 Å². The third-order valence-corrected chi connectivity index (χ3v) is 6.01. The number of aryl methyl sites for hydroxylation is 1. The quantitative estimate of drug-likeness (QED) is 0.195. The number of nitrogens with zero attached hydrogens (tertiary/aromatic N) is 2. The summed E-state index contributed by atoms with van der Waals surface area (Å²) in [6.45, 7) is 5.99. The van der Waals surface area contributed by atoms with E-state index in [0.717, 1.165) is 46.1 Å². The number of halogens is 3. The Morgan fingerprint density at radius 3 is 2.25 bits per heavy atom. The van der Waals surface area contributed by atoms with Crippen LogP contribution in [0.2, 0.25) is 0 Å². The van der Waals surface area contributed by atoms with E-state index in [1.165, 1.54) is 17.7 Å². The molecule has 0 aliphatic heterocycles. The third-order valence-electron chi connectivity index (χ3n) is 6.01. The summed E-state index contributed by atoms with van der Waals surface area (Å²) in [5.74, 6) is 0.758. The van der Waals surface area contributed by atoms with Crippen molar-refractivity contribution in [2.45, 2.75) is 33.6 Å². The fourth-order valence-corrected chi connectivity index (χ4v) is 4.04. The van der Waals surface area contributed by atoms with Gasteiger partial charge in [0.05, 0.1) is 24.1 Å². The first-order chi connectivity index (χ1) is 17.2. The summed E-state index contributed by atoms with van der Waals surface area (Å²) in [4.78, 5) is 5.51. The topological polar surface area (TPSA) is 35.8 Å². The van der Waals surface area contributed by atoms with Crippen LogP contribution in [0.3, 0.4) is 0 Å². The largest absolute Gasteiger partial charge is 0.497 e. The highest BCUT2D eigenvalue weighted by Gasteiger charge is 2.29. The molecule has 4 nitrogen and oxygen atoms in total. The molecule has 0 radical (unpaired) electrons. The van der Waals surface area contributed by atoms with E-state index in [4.69, 9.17) is 9.57 Å². The molecule has 0 spiro atoms. The maximum atomic E-state index is 12.8. The average molecular weight is 493 g/mol. The van der Waals surface area contributed by atoms with Crippen molar-refractivity contribution >= 4 is 5.71 Å². The molecule has 4 rings (SSSR count). The first kappa shape index (κ1) is 25.1. The molecule has 36 heavy (non-hydrogen) atoms. The Labute approximate surface area is 208 Å². The summed E-state index contributed by atoms with van der Waals surface area (Å²) in [5.41, 5.74) is 6.60. The molecule has 4 aromatic rings. The van der Waals surface area contributed by atoms with Crippen LogP contribution >= 0.6 is 0 Å². The fraction of sp³-hybridized carbons (Fsp3) is 0.207. The molecule has 0 amide bonds. The third kappa shape index (κ3) is 5.46. The zero-order valence-corrected chi connectivity index (χ0v) is 20.6. The Balaban J connectivity index is 1.65. The van der Waals surface area contributed by atoms with Crippen LogP contribution in [0, 0.1) is 13.8 Å². The van der Waals surface area contributed by atoms with Crippen LogP contribution in [0.15, 0.2) is 84.0 Å². The highest BCUT2D eigenvalue weighted by atomic mass is 19.4. The van der Waals surface area contributed by atoms with Gasteiger partial charge in [0.15, 0.2) is 0 Å². The predicted octanol–water partition coefficient (Wildman–Crippen LogP) is 7.73. The van der Waals surface area contributed by atoms with E-state index in [1.807, 2.05) is 45.0 Å². The van der Waals surface area contributed by atoms with Crippen LogP contribution in [-0.2, 0) is 17.6 Å². The molecule has 0 N–H and O–H groups in total. The summed E-state index contributed by atoms with van der Waals surface area (Å²) in [7, 11) is 1.64. The molecule has 186 valence electrons. The predicted molar refractivity (Wildman–Crippen MR) is 136 cm³/mol. The van der Waals surface area contributed by atoms with Crippen LogP contribution in [-0.4, -0.2) is 17.4 Å². The molecule has 0 saturated carbocycles. The van der Waals surface area contributed by atoms with Gasteiger partial charge in [-0.2, -0.15) is 13.2 Å². The van der Waals surface area contributed by atoms with E-state index >= 15 is 0 Å². The lowest BCUT2D eigenvalue weighted by Crippen LogP contribution is -2.04. The normalized spacial score (nSPS) is 12.0. The minimum Gasteiger partial charge on any atom is -0.497 e.